The zero-order valence-electron chi connectivity index (χ0n) is 6.98. The third-order valence-corrected chi connectivity index (χ3v) is 2.06. The summed E-state index contributed by atoms with van der Waals surface area (Å²) in [6.45, 7) is 4.46. The van der Waals surface area contributed by atoms with E-state index >= 15 is 0 Å². The lowest BCUT2D eigenvalue weighted by Gasteiger charge is -2.05. The zero-order valence-corrected chi connectivity index (χ0v) is 6.98. The molecule has 0 amide bonds. The van der Waals surface area contributed by atoms with Crippen LogP contribution >= 0.6 is 0 Å². The highest BCUT2D eigenvalue weighted by molar-refractivity contribution is 5.08. The third kappa shape index (κ3) is 2.38. The Kier molecular flexibility index (Phi) is 2.73. The van der Waals surface area contributed by atoms with Crippen molar-refractivity contribution in [3.8, 4) is 0 Å². The molecule has 0 radical (unpaired) electrons. The molecule has 0 heterocycles. The standard InChI is InChI=1S/C10H16/c1-9-5-3-7-10(2)8-4-6-9/h5,8H,3-4,6-7H2,1-2H3/b9-5-,10-8?. The van der Waals surface area contributed by atoms with Crippen LogP contribution in [0.1, 0.15) is 39.5 Å². The minimum Gasteiger partial charge on any atom is -0.0853 e. The molecule has 0 bridgehead atoms. The van der Waals surface area contributed by atoms with Gasteiger partial charge in [0.25, 0.3) is 0 Å². The molecule has 10 heavy (non-hydrogen) atoms. The summed E-state index contributed by atoms with van der Waals surface area (Å²) in [5.41, 5.74) is 3.12. The van der Waals surface area contributed by atoms with Crippen molar-refractivity contribution in [2.75, 3.05) is 0 Å². The lowest BCUT2D eigenvalue weighted by Crippen LogP contribution is -1.84. The van der Waals surface area contributed by atoms with E-state index in [4.69, 9.17) is 0 Å². The fourth-order valence-electron chi connectivity index (χ4n) is 1.30. The summed E-state index contributed by atoms with van der Waals surface area (Å²) in [4.78, 5) is 0. The highest BCUT2D eigenvalue weighted by atomic mass is 14.0. The first-order chi connectivity index (χ1) is 4.79. The van der Waals surface area contributed by atoms with Crippen LogP contribution in [-0.2, 0) is 0 Å². The van der Waals surface area contributed by atoms with Crippen LogP contribution in [-0.4, -0.2) is 0 Å². The van der Waals surface area contributed by atoms with Gasteiger partial charge in [-0.05, 0) is 39.5 Å². The van der Waals surface area contributed by atoms with Crippen molar-refractivity contribution in [2.24, 2.45) is 0 Å². The predicted octanol–water partition coefficient (Wildman–Crippen LogP) is 3.45. The quantitative estimate of drug-likeness (QED) is 0.447. The van der Waals surface area contributed by atoms with E-state index in [9.17, 15) is 0 Å². The fourth-order valence-corrected chi connectivity index (χ4v) is 1.30. The minimum absolute atomic E-state index is 1.24. The molecular weight excluding hydrogens is 120 g/mol. The topological polar surface area (TPSA) is 0 Å². The summed E-state index contributed by atoms with van der Waals surface area (Å²) in [7, 11) is 0. The molecule has 0 aromatic heterocycles. The molecule has 0 nitrogen and oxygen atoms in total. The van der Waals surface area contributed by atoms with Gasteiger partial charge in [0, 0.05) is 0 Å². The van der Waals surface area contributed by atoms with Crippen LogP contribution in [0.15, 0.2) is 23.3 Å². The summed E-state index contributed by atoms with van der Waals surface area (Å²) in [5, 5.41) is 0. The van der Waals surface area contributed by atoms with Gasteiger partial charge in [-0.3, -0.25) is 0 Å². The average Bonchev–Trinajstić information content (AvgIpc) is 1.84. The average molecular weight is 136 g/mol. The first kappa shape index (κ1) is 7.59. The molecule has 0 atom stereocenters. The van der Waals surface area contributed by atoms with Crippen molar-refractivity contribution in [1.29, 1.82) is 0 Å². The molecule has 0 N–H and O–H groups in total. The molecule has 0 aromatic carbocycles. The highest BCUT2D eigenvalue weighted by Crippen LogP contribution is 2.15. The predicted molar refractivity (Wildman–Crippen MR) is 46.0 cm³/mol. The minimum atomic E-state index is 1.24. The zero-order chi connectivity index (χ0) is 7.40. The molecule has 1 rings (SSSR count). The number of rotatable bonds is 0. The van der Waals surface area contributed by atoms with Gasteiger partial charge in [-0.25, -0.2) is 0 Å². The largest absolute Gasteiger partial charge is 0.0853 e. The van der Waals surface area contributed by atoms with E-state index in [0.29, 0.717) is 0 Å². The van der Waals surface area contributed by atoms with Crippen molar-refractivity contribution < 1.29 is 0 Å². The Morgan fingerprint density at radius 3 is 1.70 bits per heavy atom. The normalized spacial score (nSPS) is 25.8. The maximum atomic E-state index is 2.37. The first-order valence-electron chi connectivity index (χ1n) is 4.10. The molecule has 0 unspecified atom stereocenters. The van der Waals surface area contributed by atoms with Gasteiger partial charge in [0.2, 0.25) is 0 Å². The molecule has 0 spiro atoms. The van der Waals surface area contributed by atoms with E-state index in [-0.39, 0.29) is 0 Å². The molecule has 0 saturated carbocycles. The smallest absolute Gasteiger partial charge is 0.0288 e. The van der Waals surface area contributed by atoms with Gasteiger partial charge in [-0.2, -0.15) is 0 Å². The maximum absolute atomic E-state index is 2.37. The van der Waals surface area contributed by atoms with Gasteiger partial charge in [0.05, 0.1) is 0 Å². The molecule has 0 saturated heterocycles. The molecule has 1 aliphatic rings. The third-order valence-electron chi connectivity index (χ3n) is 2.06. The van der Waals surface area contributed by atoms with Crippen molar-refractivity contribution in [1.82, 2.24) is 0 Å². The van der Waals surface area contributed by atoms with Gasteiger partial charge in [0.1, 0.15) is 0 Å². The summed E-state index contributed by atoms with van der Waals surface area (Å²) in [5.74, 6) is 0. The summed E-state index contributed by atoms with van der Waals surface area (Å²) < 4.78 is 0. The van der Waals surface area contributed by atoms with Crippen LogP contribution in [0.25, 0.3) is 0 Å². The lowest BCUT2D eigenvalue weighted by atomic mass is 10.0. The fraction of sp³-hybridized carbons (Fsp3) is 0.600. The van der Waals surface area contributed by atoms with Crippen LogP contribution in [0, 0.1) is 0 Å². The number of hydrogen-bond donors (Lipinski definition) is 0. The van der Waals surface area contributed by atoms with E-state index in [2.05, 4.69) is 26.0 Å². The van der Waals surface area contributed by atoms with Crippen molar-refractivity contribution in [2.45, 2.75) is 39.5 Å². The molecule has 0 heteroatoms. The van der Waals surface area contributed by atoms with Gasteiger partial charge in [-0.15, -0.1) is 0 Å². The Labute approximate surface area is 63.6 Å². The molecular formula is C10H16. The van der Waals surface area contributed by atoms with Gasteiger partial charge < -0.3 is 0 Å². The molecule has 0 fully saturated rings. The number of allylic oxidation sites excluding steroid dienone is 4. The van der Waals surface area contributed by atoms with E-state index in [1.54, 1.807) is 11.1 Å². The SMILES string of the molecule is CC1=CCC/C(C)=C\CC1. The van der Waals surface area contributed by atoms with Crippen molar-refractivity contribution in [3.63, 3.8) is 0 Å². The van der Waals surface area contributed by atoms with Crippen LogP contribution < -0.4 is 0 Å². The molecule has 0 aliphatic heterocycles. The second-order valence-electron chi connectivity index (χ2n) is 3.18. The maximum Gasteiger partial charge on any atom is -0.0288 e. The van der Waals surface area contributed by atoms with Crippen LogP contribution in [0.5, 0.6) is 0 Å². The van der Waals surface area contributed by atoms with E-state index in [1.807, 2.05) is 0 Å². The summed E-state index contributed by atoms with van der Waals surface area (Å²) in [6, 6.07) is 0. The van der Waals surface area contributed by atoms with E-state index in [0.717, 1.165) is 0 Å². The Bertz CT molecular complexity index is 141. The molecule has 56 valence electrons. The van der Waals surface area contributed by atoms with Crippen LogP contribution in [0.2, 0.25) is 0 Å². The Morgan fingerprint density at radius 2 is 1.30 bits per heavy atom. The molecule has 1 aliphatic carbocycles. The summed E-state index contributed by atoms with van der Waals surface area (Å²) >= 11 is 0. The van der Waals surface area contributed by atoms with Gasteiger partial charge in [-0.1, -0.05) is 23.3 Å². The second kappa shape index (κ2) is 3.60. The Hall–Kier alpha value is -0.520. The van der Waals surface area contributed by atoms with Gasteiger partial charge >= 0.3 is 0 Å². The summed E-state index contributed by atoms with van der Waals surface area (Å²) in [6.07, 6.45) is 9.75. The Balaban J connectivity index is 2.48. The monoisotopic (exact) mass is 136 g/mol. The lowest BCUT2D eigenvalue weighted by molar-refractivity contribution is 0.875. The van der Waals surface area contributed by atoms with Crippen LogP contribution in [0.4, 0.5) is 0 Å². The first-order valence-corrected chi connectivity index (χ1v) is 4.10. The van der Waals surface area contributed by atoms with Crippen molar-refractivity contribution in [3.05, 3.63) is 23.3 Å². The Morgan fingerprint density at radius 1 is 0.900 bits per heavy atom. The second-order valence-corrected chi connectivity index (χ2v) is 3.18. The van der Waals surface area contributed by atoms with Crippen molar-refractivity contribution >= 4 is 0 Å². The molecule has 0 aromatic rings. The highest BCUT2D eigenvalue weighted by Gasteiger charge is 1.95. The van der Waals surface area contributed by atoms with Gasteiger partial charge in [0.15, 0.2) is 0 Å². The van der Waals surface area contributed by atoms with Crippen LogP contribution in [0.3, 0.4) is 0 Å². The van der Waals surface area contributed by atoms with E-state index in [1.165, 1.54) is 25.7 Å². The van der Waals surface area contributed by atoms with E-state index < -0.39 is 0 Å². The number of hydrogen-bond acceptors (Lipinski definition) is 0.